The van der Waals surface area contributed by atoms with Crippen molar-refractivity contribution in [2.75, 3.05) is 13.7 Å². The molecule has 7 nitrogen and oxygen atoms in total. The van der Waals surface area contributed by atoms with Crippen LogP contribution in [0.5, 0.6) is 5.75 Å². The van der Waals surface area contributed by atoms with E-state index in [4.69, 9.17) is 9.47 Å². The molecule has 2 aliphatic heterocycles. The van der Waals surface area contributed by atoms with E-state index in [-0.39, 0.29) is 18.2 Å². The van der Waals surface area contributed by atoms with E-state index in [0.29, 0.717) is 30.5 Å². The van der Waals surface area contributed by atoms with Crippen LogP contribution in [0, 0.1) is 0 Å². The summed E-state index contributed by atoms with van der Waals surface area (Å²) in [6.07, 6.45) is 0.486. The number of benzene rings is 2. The van der Waals surface area contributed by atoms with E-state index in [1.165, 1.54) is 4.90 Å². The van der Waals surface area contributed by atoms with Gasteiger partial charge in [0.25, 0.3) is 0 Å². The Balaban J connectivity index is 1.41. The van der Waals surface area contributed by atoms with Crippen LogP contribution in [0.1, 0.15) is 40.6 Å². The number of likely N-dealkylation sites (tertiary alicyclic amines) is 1. The molecule has 7 heteroatoms. The van der Waals surface area contributed by atoms with E-state index < -0.39 is 18.2 Å². The molecule has 1 N–H and O–H groups in total. The van der Waals surface area contributed by atoms with E-state index in [1.54, 1.807) is 31.4 Å². The number of fused-ring (bicyclic) bond motifs is 1. The van der Waals surface area contributed by atoms with Crippen LogP contribution >= 0.6 is 0 Å². The molecule has 2 amide bonds. The number of hydrogen-bond donors (Lipinski definition) is 1. The van der Waals surface area contributed by atoms with Crippen molar-refractivity contribution >= 4 is 17.8 Å². The number of amides is 2. The Bertz CT molecular complexity index is 940. The first-order chi connectivity index (χ1) is 14.1. The van der Waals surface area contributed by atoms with Crippen LogP contribution in [0.15, 0.2) is 48.5 Å². The fourth-order valence-electron chi connectivity index (χ4n) is 3.83. The standard InChI is InChI=1S/C22H22N2O5/c1-28-15-8-6-14(7-9-15)12-13-23-20(26)18-10-11-19(25)24(18)21-16-4-2-3-5-17(16)22(27)29-21/h2-9,18,21H,10-13H2,1H3,(H,23,26). The molecule has 150 valence electrons. The van der Waals surface area contributed by atoms with Gasteiger partial charge < -0.3 is 14.8 Å². The van der Waals surface area contributed by atoms with Crippen molar-refractivity contribution in [2.45, 2.75) is 31.5 Å². The first-order valence-electron chi connectivity index (χ1n) is 9.60. The largest absolute Gasteiger partial charge is 0.497 e. The van der Waals surface area contributed by atoms with Crippen molar-refractivity contribution in [3.8, 4) is 5.75 Å². The van der Waals surface area contributed by atoms with Crippen molar-refractivity contribution in [1.82, 2.24) is 10.2 Å². The van der Waals surface area contributed by atoms with Crippen molar-refractivity contribution in [3.05, 3.63) is 65.2 Å². The number of ether oxygens (including phenoxy) is 2. The molecule has 0 aromatic heterocycles. The van der Waals surface area contributed by atoms with Crippen LogP contribution in [-0.2, 0) is 20.7 Å². The van der Waals surface area contributed by atoms with E-state index in [2.05, 4.69) is 5.32 Å². The molecule has 0 radical (unpaired) electrons. The molecule has 2 aliphatic rings. The zero-order chi connectivity index (χ0) is 20.4. The highest BCUT2D eigenvalue weighted by Gasteiger charge is 2.46. The van der Waals surface area contributed by atoms with Gasteiger partial charge in [-0.25, -0.2) is 4.79 Å². The number of nitrogens with one attached hydrogen (secondary N) is 1. The lowest BCUT2D eigenvalue weighted by atomic mass is 10.1. The zero-order valence-corrected chi connectivity index (χ0v) is 16.1. The Labute approximate surface area is 168 Å². The van der Waals surface area contributed by atoms with Gasteiger partial charge in [-0.3, -0.25) is 14.5 Å². The summed E-state index contributed by atoms with van der Waals surface area (Å²) in [7, 11) is 1.61. The van der Waals surface area contributed by atoms with Crippen molar-refractivity contribution in [1.29, 1.82) is 0 Å². The second kappa shape index (κ2) is 7.95. The third kappa shape index (κ3) is 3.68. The van der Waals surface area contributed by atoms with Gasteiger partial charge in [0.05, 0.1) is 12.7 Å². The van der Waals surface area contributed by atoms with E-state index in [9.17, 15) is 14.4 Å². The minimum absolute atomic E-state index is 0.185. The molecule has 4 rings (SSSR count). The number of cyclic esters (lactones) is 1. The molecule has 2 heterocycles. The average molecular weight is 394 g/mol. The predicted octanol–water partition coefficient (Wildman–Crippen LogP) is 2.21. The summed E-state index contributed by atoms with van der Waals surface area (Å²) in [5, 5.41) is 2.91. The van der Waals surface area contributed by atoms with E-state index in [0.717, 1.165) is 11.3 Å². The summed E-state index contributed by atoms with van der Waals surface area (Å²) in [6, 6.07) is 14.0. The summed E-state index contributed by atoms with van der Waals surface area (Å²) in [4.78, 5) is 38.8. The average Bonchev–Trinajstić information content (AvgIpc) is 3.28. The Morgan fingerprint density at radius 3 is 2.69 bits per heavy atom. The summed E-state index contributed by atoms with van der Waals surface area (Å²) in [5.41, 5.74) is 2.14. The maximum absolute atomic E-state index is 12.8. The van der Waals surface area contributed by atoms with Gasteiger partial charge >= 0.3 is 5.97 Å². The van der Waals surface area contributed by atoms with Crippen molar-refractivity contribution in [3.63, 3.8) is 0 Å². The second-order valence-corrected chi connectivity index (χ2v) is 7.09. The van der Waals surface area contributed by atoms with Crippen LogP contribution in [0.3, 0.4) is 0 Å². The number of carbonyl (C=O) groups is 3. The molecule has 29 heavy (non-hydrogen) atoms. The molecular weight excluding hydrogens is 372 g/mol. The maximum atomic E-state index is 12.8. The molecule has 0 saturated carbocycles. The fraction of sp³-hybridized carbons (Fsp3) is 0.318. The minimum Gasteiger partial charge on any atom is -0.497 e. The van der Waals surface area contributed by atoms with Gasteiger partial charge in [0.2, 0.25) is 18.0 Å². The Kier molecular flexibility index (Phi) is 5.20. The highest BCUT2D eigenvalue weighted by atomic mass is 16.6. The normalized spacial score (nSPS) is 20.4. The molecule has 2 aromatic rings. The number of nitrogens with zero attached hydrogens (tertiary/aromatic N) is 1. The molecular formula is C22H22N2O5. The second-order valence-electron chi connectivity index (χ2n) is 7.09. The first-order valence-corrected chi connectivity index (χ1v) is 9.60. The highest BCUT2D eigenvalue weighted by molar-refractivity contribution is 5.96. The quantitative estimate of drug-likeness (QED) is 0.760. The van der Waals surface area contributed by atoms with Crippen LogP contribution in [-0.4, -0.2) is 42.4 Å². The number of hydrogen-bond acceptors (Lipinski definition) is 5. The summed E-state index contributed by atoms with van der Waals surface area (Å²) in [6.45, 7) is 0.449. The Hall–Kier alpha value is -3.35. The summed E-state index contributed by atoms with van der Waals surface area (Å²) >= 11 is 0. The van der Waals surface area contributed by atoms with Crippen molar-refractivity contribution < 1.29 is 23.9 Å². The van der Waals surface area contributed by atoms with Gasteiger partial charge in [-0.2, -0.15) is 0 Å². The van der Waals surface area contributed by atoms with E-state index >= 15 is 0 Å². The monoisotopic (exact) mass is 394 g/mol. The maximum Gasteiger partial charge on any atom is 0.340 e. The van der Waals surface area contributed by atoms with Crippen molar-refractivity contribution in [2.24, 2.45) is 0 Å². The number of carbonyl (C=O) groups excluding carboxylic acids is 3. The summed E-state index contributed by atoms with van der Waals surface area (Å²) < 4.78 is 10.6. The number of methoxy groups -OCH3 is 1. The topological polar surface area (TPSA) is 84.9 Å². The third-order valence-electron chi connectivity index (χ3n) is 5.35. The molecule has 2 aromatic carbocycles. The molecule has 0 aliphatic carbocycles. The predicted molar refractivity (Wildman–Crippen MR) is 104 cm³/mol. The summed E-state index contributed by atoms with van der Waals surface area (Å²) in [5.74, 6) is -0.104. The number of rotatable bonds is 6. The molecule has 2 unspecified atom stereocenters. The van der Waals surface area contributed by atoms with Crippen LogP contribution in [0.4, 0.5) is 0 Å². The van der Waals surface area contributed by atoms with Gasteiger partial charge in [0.1, 0.15) is 11.8 Å². The van der Waals surface area contributed by atoms with E-state index in [1.807, 2.05) is 24.3 Å². The third-order valence-corrected chi connectivity index (χ3v) is 5.35. The van der Waals surface area contributed by atoms with Crippen LogP contribution in [0.2, 0.25) is 0 Å². The van der Waals surface area contributed by atoms with Gasteiger partial charge in [-0.15, -0.1) is 0 Å². The van der Waals surface area contributed by atoms with Crippen LogP contribution in [0.25, 0.3) is 0 Å². The number of esters is 1. The smallest absolute Gasteiger partial charge is 0.340 e. The van der Waals surface area contributed by atoms with Gasteiger partial charge in [0.15, 0.2) is 0 Å². The van der Waals surface area contributed by atoms with Gasteiger partial charge in [0, 0.05) is 18.5 Å². The lowest BCUT2D eigenvalue weighted by Gasteiger charge is -2.29. The minimum atomic E-state index is -0.842. The molecule has 0 spiro atoms. The van der Waals surface area contributed by atoms with Gasteiger partial charge in [-0.1, -0.05) is 30.3 Å². The molecule has 0 bridgehead atoms. The Morgan fingerprint density at radius 2 is 1.93 bits per heavy atom. The zero-order valence-electron chi connectivity index (χ0n) is 16.1. The van der Waals surface area contributed by atoms with Gasteiger partial charge in [-0.05, 0) is 36.6 Å². The molecule has 1 fully saturated rings. The lowest BCUT2D eigenvalue weighted by Crippen LogP contribution is -2.46. The lowest BCUT2D eigenvalue weighted by molar-refractivity contribution is -0.145. The molecule has 2 atom stereocenters. The Morgan fingerprint density at radius 1 is 1.17 bits per heavy atom. The molecule has 1 saturated heterocycles. The van der Waals surface area contributed by atoms with Crippen LogP contribution < -0.4 is 10.1 Å². The first kappa shape index (κ1) is 19.0. The highest BCUT2D eigenvalue weighted by Crippen LogP contribution is 2.38. The SMILES string of the molecule is COc1ccc(CCNC(=O)C2CCC(=O)N2C2OC(=O)c3ccccc32)cc1. The fourth-order valence-corrected chi connectivity index (χ4v) is 3.83.